The van der Waals surface area contributed by atoms with Crippen LogP contribution in [-0.4, -0.2) is 18.1 Å². The lowest BCUT2D eigenvalue weighted by atomic mass is 10.2. The Hall–Kier alpha value is -1.00. The Bertz CT molecular complexity index is 332. The highest BCUT2D eigenvalue weighted by Crippen LogP contribution is 2.23. The van der Waals surface area contributed by atoms with Gasteiger partial charge in [0.05, 0.1) is 12.4 Å². The summed E-state index contributed by atoms with van der Waals surface area (Å²) < 4.78 is 13.4. The number of hydrogen-bond donors (Lipinski definition) is 1. The van der Waals surface area contributed by atoms with Crippen molar-refractivity contribution in [2.75, 3.05) is 13.1 Å². The molecule has 1 aromatic heterocycles. The summed E-state index contributed by atoms with van der Waals surface area (Å²) in [6.07, 6.45) is 7.54. The van der Waals surface area contributed by atoms with Crippen LogP contribution in [-0.2, 0) is 0 Å². The highest BCUT2D eigenvalue weighted by atomic mass is 19.1. The number of pyridine rings is 1. The summed E-state index contributed by atoms with van der Waals surface area (Å²) in [5.41, 5.74) is 0.789. The Balaban J connectivity index is 2.26. The van der Waals surface area contributed by atoms with Gasteiger partial charge in [-0.05, 0) is 25.7 Å². The van der Waals surface area contributed by atoms with E-state index in [1.54, 1.807) is 6.20 Å². The van der Waals surface area contributed by atoms with Crippen LogP contribution in [0.5, 0.6) is 0 Å². The zero-order chi connectivity index (χ0) is 10.7. The number of halogens is 1. The Kier molecular flexibility index (Phi) is 2.98. The Morgan fingerprint density at radius 3 is 2.40 bits per heavy atom. The third kappa shape index (κ3) is 2.33. The van der Waals surface area contributed by atoms with Gasteiger partial charge >= 0.3 is 0 Å². The summed E-state index contributed by atoms with van der Waals surface area (Å²) in [6, 6.07) is 1.50. The van der Waals surface area contributed by atoms with Gasteiger partial charge in [-0.15, -0.1) is 0 Å². The molecule has 0 unspecified atom stereocenters. The van der Waals surface area contributed by atoms with Crippen molar-refractivity contribution in [3.63, 3.8) is 0 Å². The quantitative estimate of drug-likeness (QED) is 0.568. The molecule has 1 aliphatic heterocycles. The first-order chi connectivity index (χ1) is 7.21. The second kappa shape index (κ2) is 4.24. The van der Waals surface area contributed by atoms with Crippen molar-refractivity contribution in [1.82, 2.24) is 9.58 Å². The van der Waals surface area contributed by atoms with E-state index in [1.165, 1.54) is 25.1 Å². The molecule has 3 nitrogen and oxygen atoms in total. The van der Waals surface area contributed by atoms with Crippen molar-refractivity contribution in [3.8, 4) is 0 Å². The van der Waals surface area contributed by atoms with Gasteiger partial charge in [0.1, 0.15) is 18.9 Å². The SMILES string of the molecule is N[N+]1(c2cncc(F)c2)CCCCCC1. The molecule has 82 valence electrons. The van der Waals surface area contributed by atoms with E-state index >= 15 is 0 Å². The molecule has 1 aromatic rings. The predicted octanol–water partition coefficient (Wildman–Crippen LogP) is 1.98. The lowest BCUT2D eigenvalue weighted by Gasteiger charge is -2.30. The fraction of sp³-hybridized carbons (Fsp3) is 0.545. The number of aromatic nitrogens is 1. The maximum absolute atomic E-state index is 13.1. The van der Waals surface area contributed by atoms with Gasteiger partial charge in [-0.1, -0.05) is 0 Å². The molecule has 0 saturated carbocycles. The summed E-state index contributed by atoms with van der Waals surface area (Å²) in [5, 5.41) is 0. The standard InChI is InChI=1S/C11H17FN3/c12-10-7-11(9-14-8-10)15(13)5-3-1-2-4-6-15/h7-9H,1-6,13H2/q+1. The normalized spacial score (nSPS) is 20.9. The number of quaternary nitrogens is 1. The molecule has 0 spiro atoms. The molecule has 4 heteroatoms. The van der Waals surface area contributed by atoms with Crippen LogP contribution in [0.15, 0.2) is 18.5 Å². The Labute approximate surface area is 89.3 Å². The molecule has 2 heterocycles. The number of hydrogen-bond acceptors (Lipinski definition) is 2. The molecular formula is C11H17FN3+. The van der Waals surface area contributed by atoms with Gasteiger partial charge in [-0.3, -0.25) is 4.98 Å². The number of nitrogens with two attached hydrogens (primary N) is 1. The van der Waals surface area contributed by atoms with E-state index in [-0.39, 0.29) is 5.82 Å². The molecular weight excluding hydrogens is 193 g/mol. The number of nitrogens with zero attached hydrogens (tertiary/aromatic N) is 2. The molecule has 0 radical (unpaired) electrons. The van der Waals surface area contributed by atoms with Crippen molar-refractivity contribution in [2.45, 2.75) is 25.7 Å². The summed E-state index contributed by atoms with van der Waals surface area (Å²) in [4.78, 5) is 3.86. The van der Waals surface area contributed by atoms with Gasteiger partial charge in [-0.25, -0.2) is 8.98 Å². The molecule has 0 aromatic carbocycles. The topological polar surface area (TPSA) is 38.9 Å². The minimum atomic E-state index is -0.306. The van der Waals surface area contributed by atoms with Crippen molar-refractivity contribution in [2.24, 2.45) is 5.84 Å². The summed E-state index contributed by atoms with van der Waals surface area (Å²) in [6.45, 7) is 1.76. The Morgan fingerprint density at radius 2 is 1.80 bits per heavy atom. The Morgan fingerprint density at radius 1 is 1.13 bits per heavy atom. The van der Waals surface area contributed by atoms with Crippen LogP contribution in [0.1, 0.15) is 25.7 Å². The van der Waals surface area contributed by atoms with Gasteiger partial charge in [0, 0.05) is 6.07 Å². The van der Waals surface area contributed by atoms with Gasteiger partial charge in [0.2, 0.25) is 0 Å². The van der Waals surface area contributed by atoms with E-state index in [2.05, 4.69) is 4.98 Å². The first-order valence-corrected chi connectivity index (χ1v) is 5.47. The molecule has 0 amide bonds. The average molecular weight is 210 g/mol. The molecule has 0 aliphatic carbocycles. The van der Waals surface area contributed by atoms with Gasteiger partial charge in [0.15, 0.2) is 5.69 Å². The molecule has 1 aliphatic rings. The van der Waals surface area contributed by atoms with Crippen LogP contribution in [0, 0.1) is 5.82 Å². The van der Waals surface area contributed by atoms with Crippen molar-refractivity contribution >= 4 is 5.69 Å². The van der Waals surface area contributed by atoms with Crippen LogP contribution in [0.2, 0.25) is 0 Å². The monoisotopic (exact) mass is 210 g/mol. The summed E-state index contributed by atoms with van der Waals surface area (Å²) in [5.74, 6) is 5.97. The maximum Gasteiger partial charge on any atom is 0.173 e. The van der Waals surface area contributed by atoms with Gasteiger partial charge in [0.25, 0.3) is 0 Å². The molecule has 2 rings (SSSR count). The molecule has 2 N–H and O–H groups in total. The zero-order valence-corrected chi connectivity index (χ0v) is 8.82. The fourth-order valence-electron chi connectivity index (χ4n) is 2.16. The zero-order valence-electron chi connectivity index (χ0n) is 8.82. The maximum atomic E-state index is 13.1. The molecule has 0 bridgehead atoms. The molecule has 0 atom stereocenters. The summed E-state index contributed by atoms with van der Waals surface area (Å²) in [7, 11) is 0. The van der Waals surface area contributed by atoms with E-state index in [9.17, 15) is 4.39 Å². The third-order valence-electron chi connectivity index (χ3n) is 3.07. The van der Waals surface area contributed by atoms with Crippen LogP contribution < -0.4 is 10.4 Å². The highest BCUT2D eigenvalue weighted by molar-refractivity contribution is 5.38. The minimum absolute atomic E-state index is 0.306. The minimum Gasteiger partial charge on any atom is -0.255 e. The van der Waals surface area contributed by atoms with Gasteiger partial charge < -0.3 is 0 Å². The van der Waals surface area contributed by atoms with E-state index in [1.807, 2.05) is 0 Å². The van der Waals surface area contributed by atoms with Gasteiger partial charge in [-0.2, -0.15) is 5.84 Å². The highest BCUT2D eigenvalue weighted by Gasteiger charge is 2.28. The van der Waals surface area contributed by atoms with Crippen LogP contribution in [0.3, 0.4) is 0 Å². The largest absolute Gasteiger partial charge is 0.255 e. The van der Waals surface area contributed by atoms with E-state index in [0.717, 1.165) is 31.6 Å². The van der Waals surface area contributed by atoms with Crippen molar-refractivity contribution < 1.29 is 4.39 Å². The fourth-order valence-corrected chi connectivity index (χ4v) is 2.16. The van der Waals surface area contributed by atoms with Crippen LogP contribution in [0.4, 0.5) is 10.1 Å². The lowest BCUT2D eigenvalue weighted by molar-refractivity contribution is 0.290. The van der Waals surface area contributed by atoms with Crippen LogP contribution in [0.25, 0.3) is 0 Å². The second-order valence-corrected chi connectivity index (χ2v) is 4.26. The first kappa shape index (κ1) is 10.5. The molecule has 15 heavy (non-hydrogen) atoms. The number of rotatable bonds is 1. The molecule has 1 fully saturated rings. The van der Waals surface area contributed by atoms with Crippen molar-refractivity contribution in [1.29, 1.82) is 0 Å². The first-order valence-electron chi connectivity index (χ1n) is 5.47. The van der Waals surface area contributed by atoms with E-state index < -0.39 is 0 Å². The molecule has 1 saturated heterocycles. The van der Waals surface area contributed by atoms with Crippen LogP contribution >= 0.6 is 0 Å². The predicted molar refractivity (Wildman–Crippen MR) is 58.4 cm³/mol. The van der Waals surface area contributed by atoms with E-state index in [0.29, 0.717) is 4.59 Å². The lowest BCUT2D eigenvalue weighted by Crippen LogP contribution is -2.56. The van der Waals surface area contributed by atoms with Crippen molar-refractivity contribution in [3.05, 3.63) is 24.3 Å². The van der Waals surface area contributed by atoms with E-state index in [4.69, 9.17) is 5.84 Å². The average Bonchev–Trinajstić information content (AvgIpc) is 2.44. The second-order valence-electron chi connectivity index (χ2n) is 4.26. The summed E-state index contributed by atoms with van der Waals surface area (Å²) >= 11 is 0. The third-order valence-corrected chi connectivity index (χ3v) is 3.07. The smallest absolute Gasteiger partial charge is 0.173 e.